The van der Waals surface area contributed by atoms with Crippen LogP contribution in [0.4, 0.5) is 0 Å². The number of sulfone groups is 1. The molecule has 2 heterocycles. The second kappa shape index (κ2) is 5.88. The van der Waals surface area contributed by atoms with Gasteiger partial charge in [0, 0.05) is 17.9 Å². The molecule has 0 saturated carbocycles. The smallest absolute Gasteiger partial charge is 0.399 e. The van der Waals surface area contributed by atoms with Gasteiger partial charge in [-0.1, -0.05) is 6.07 Å². The van der Waals surface area contributed by atoms with E-state index in [9.17, 15) is 13.2 Å². The first-order chi connectivity index (χ1) is 10.4. The highest BCUT2D eigenvalue weighted by Gasteiger charge is 2.51. The Morgan fingerprint density at radius 2 is 1.78 bits per heavy atom. The van der Waals surface area contributed by atoms with E-state index in [0.717, 1.165) is 0 Å². The number of carbonyl (C=O) groups is 1. The van der Waals surface area contributed by atoms with Crippen LogP contribution in [-0.2, 0) is 29.7 Å². The number of carbonyl (C=O) groups excluding carboxylic acids is 1. The van der Waals surface area contributed by atoms with Gasteiger partial charge in [0.1, 0.15) is 5.75 Å². The number of hydrogen-bond acceptors (Lipinski definition) is 6. The van der Waals surface area contributed by atoms with Crippen molar-refractivity contribution >= 4 is 28.3 Å². The van der Waals surface area contributed by atoms with Crippen LogP contribution in [0.3, 0.4) is 0 Å². The molecule has 0 bridgehead atoms. The van der Waals surface area contributed by atoms with Gasteiger partial charge in [0.2, 0.25) is 5.91 Å². The molecule has 7 nitrogen and oxygen atoms in total. The van der Waals surface area contributed by atoms with E-state index < -0.39 is 39.8 Å². The maximum Gasteiger partial charge on any atom is 0.496 e. The zero-order valence-electron chi connectivity index (χ0n) is 13.7. The minimum atomic E-state index is -3.62. The summed E-state index contributed by atoms with van der Waals surface area (Å²) in [6.45, 7) is 7.73. The number of rotatable bonds is 5. The molecular weight excluding hydrogens is 319 g/mol. The molecule has 0 aromatic carbocycles. The third kappa shape index (κ3) is 4.10. The molecule has 0 aliphatic carbocycles. The van der Waals surface area contributed by atoms with Crippen molar-refractivity contribution in [1.29, 1.82) is 0 Å². The van der Waals surface area contributed by atoms with E-state index in [4.69, 9.17) is 15.0 Å². The van der Waals surface area contributed by atoms with Gasteiger partial charge < -0.3 is 15.0 Å². The van der Waals surface area contributed by atoms with Gasteiger partial charge >= 0.3 is 7.12 Å². The summed E-state index contributed by atoms with van der Waals surface area (Å²) in [6.07, 6.45) is 3.01. The van der Waals surface area contributed by atoms with Crippen molar-refractivity contribution in [2.75, 3.05) is 5.75 Å². The largest absolute Gasteiger partial charge is 0.496 e. The third-order valence-electron chi connectivity index (χ3n) is 4.09. The molecule has 1 saturated heterocycles. The van der Waals surface area contributed by atoms with Crippen LogP contribution in [0.15, 0.2) is 18.5 Å². The summed E-state index contributed by atoms with van der Waals surface area (Å²) in [6, 6.07) is 1.66. The summed E-state index contributed by atoms with van der Waals surface area (Å²) in [5.74, 6) is -1.87. The van der Waals surface area contributed by atoms with Crippen LogP contribution in [0.25, 0.3) is 0 Å². The molecule has 1 amide bonds. The number of amides is 1. The van der Waals surface area contributed by atoms with Gasteiger partial charge in [-0.3, -0.25) is 9.78 Å². The Labute approximate surface area is 136 Å². The third-order valence-corrected chi connectivity index (χ3v) is 5.59. The Balaban J connectivity index is 2.20. The van der Waals surface area contributed by atoms with Crippen LogP contribution in [0.5, 0.6) is 0 Å². The van der Waals surface area contributed by atoms with Crippen LogP contribution in [0.2, 0.25) is 0 Å². The lowest BCUT2D eigenvalue weighted by molar-refractivity contribution is -0.115. The molecule has 0 atom stereocenters. The molecule has 126 valence electrons. The molecular formula is C14H21BN2O5S. The fourth-order valence-electron chi connectivity index (χ4n) is 2.22. The van der Waals surface area contributed by atoms with E-state index in [2.05, 4.69) is 4.98 Å². The summed E-state index contributed by atoms with van der Waals surface area (Å²) in [5.41, 5.74) is 5.05. The average Bonchev–Trinajstić information content (AvgIpc) is 2.56. The molecule has 2 rings (SSSR count). The molecule has 2 N–H and O–H groups in total. The Hall–Kier alpha value is -1.45. The lowest BCUT2D eigenvalue weighted by atomic mass is 9.80. The van der Waals surface area contributed by atoms with Gasteiger partial charge in [-0.25, -0.2) is 8.42 Å². The van der Waals surface area contributed by atoms with Gasteiger partial charge in [0.15, 0.2) is 9.84 Å². The van der Waals surface area contributed by atoms with Crippen molar-refractivity contribution in [3.05, 3.63) is 24.0 Å². The van der Waals surface area contributed by atoms with Crippen molar-refractivity contribution in [3.8, 4) is 0 Å². The summed E-state index contributed by atoms with van der Waals surface area (Å²) < 4.78 is 35.5. The molecule has 1 fully saturated rings. The number of pyridine rings is 1. The van der Waals surface area contributed by atoms with Gasteiger partial charge in [-0.15, -0.1) is 0 Å². The molecule has 1 aromatic rings. The van der Waals surface area contributed by atoms with Crippen LogP contribution in [0.1, 0.15) is 33.3 Å². The van der Waals surface area contributed by atoms with Crippen LogP contribution >= 0.6 is 0 Å². The minimum Gasteiger partial charge on any atom is -0.399 e. The van der Waals surface area contributed by atoms with E-state index >= 15 is 0 Å². The first kappa shape index (κ1) is 17.9. The number of primary amides is 1. The van der Waals surface area contributed by atoms with Gasteiger partial charge in [0.05, 0.1) is 17.0 Å². The Kier molecular flexibility index (Phi) is 4.58. The monoisotopic (exact) mass is 340 g/mol. The normalized spacial score (nSPS) is 19.7. The van der Waals surface area contributed by atoms with Crippen molar-refractivity contribution in [2.45, 2.75) is 44.6 Å². The lowest BCUT2D eigenvalue weighted by Gasteiger charge is -2.32. The topological polar surface area (TPSA) is 109 Å². The van der Waals surface area contributed by atoms with Crippen LogP contribution in [0, 0.1) is 0 Å². The molecule has 0 radical (unpaired) electrons. The molecule has 1 aliphatic heterocycles. The zero-order valence-corrected chi connectivity index (χ0v) is 14.5. The Bertz CT molecular complexity index is 702. The quantitative estimate of drug-likeness (QED) is 0.743. The molecule has 23 heavy (non-hydrogen) atoms. The zero-order chi connectivity index (χ0) is 17.5. The van der Waals surface area contributed by atoms with E-state index in [1.807, 2.05) is 27.7 Å². The average molecular weight is 340 g/mol. The van der Waals surface area contributed by atoms with Crippen molar-refractivity contribution in [1.82, 2.24) is 4.98 Å². The fourth-order valence-corrected chi connectivity index (χ4v) is 3.42. The Morgan fingerprint density at radius 1 is 1.22 bits per heavy atom. The van der Waals surface area contributed by atoms with Gasteiger partial charge in [-0.2, -0.15) is 0 Å². The molecule has 1 aromatic heterocycles. The molecule has 9 heteroatoms. The van der Waals surface area contributed by atoms with Crippen molar-refractivity contribution in [2.24, 2.45) is 5.73 Å². The SMILES string of the molecule is CC1(C)OB(c2cncc(CS(=O)(=O)CC(N)=O)c2)OC1(C)C. The molecule has 1 aliphatic rings. The minimum absolute atomic E-state index is 0.309. The summed E-state index contributed by atoms with van der Waals surface area (Å²) in [5, 5.41) is 0. The highest BCUT2D eigenvalue weighted by Crippen LogP contribution is 2.36. The van der Waals surface area contributed by atoms with E-state index in [1.54, 1.807) is 12.3 Å². The maximum atomic E-state index is 11.9. The van der Waals surface area contributed by atoms with E-state index in [1.165, 1.54) is 6.20 Å². The predicted octanol–water partition coefficient (Wildman–Crippen LogP) is -0.219. The first-order valence-corrected chi connectivity index (χ1v) is 9.02. The highest BCUT2D eigenvalue weighted by molar-refractivity contribution is 7.91. The number of nitrogens with two attached hydrogens (primary N) is 1. The number of hydrogen-bond donors (Lipinski definition) is 1. The van der Waals surface area contributed by atoms with Crippen molar-refractivity contribution in [3.63, 3.8) is 0 Å². The molecule has 0 spiro atoms. The summed E-state index contributed by atoms with van der Waals surface area (Å²) in [7, 11) is -4.24. The number of aromatic nitrogens is 1. The molecule has 0 unspecified atom stereocenters. The van der Waals surface area contributed by atoms with Gasteiger partial charge in [0.25, 0.3) is 0 Å². The van der Waals surface area contributed by atoms with Crippen LogP contribution < -0.4 is 11.2 Å². The predicted molar refractivity (Wildman–Crippen MR) is 86.6 cm³/mol. The second-order valence-electron chi connectivity index (χ2n) is 6.71. The van der Waals surface area contributed by atoms with E-state index in [-0.39, 0.29) is 5.75 Å². The summed E-state index contributed by atoms with van der Waals surface area (Å²) in [4.78, 5) is 14.9. The maximum absolute atomic E-state index is 11.9. The number of nitrogens with zero attached hydrogens (tertiary/aromatic N) is 1. The second-order valence-corrected chi connectivity index (χ2v) is 8.78. The highest BCUT2D eigenvalue weighted by atomic mass is 32.2. The van der Waals surface area contributed by atoms with Gasteiger partial charge in [-0.05, 0) is 33.3 Å². The first-order valence-electron chi connectivity index (χ1n) is 7.20. The standard InChI is InChI=1S/C14H21BN2O5S/c1-13(2)14(3,4)22-15(21-13)11-5-10(6-17-7-11)8-23(19,20)9-12(16)18/h5-7H,8-9H2,1-4H3,(H2,16,18). The Morgan fingerprint density at radius 3 is 2.30 bits per heavy atom. The van der Waals surface area contributed by atoms with Crippen molar-refractivity contribution < 1.29 is 22.5 Å². The fraction of sp³-hybridized carbons (Fsp3) is 0.571. The summed E-state index contributed by atoms with van der Waals surface area (Å²) >= 11 is 0. The van der Waals surface area contributed by atoms with Crippen LogP contribution in [-0.4, -0.2) is 43.4 Å². The van der Waals surface area contributed by atoms with E-state index in [0.29, 0.717) is 11.0 Å². The lowest BCUT2D eigenvalue weighted by Crippen LogP contribution is -2.41.